The van der Waals surface area contributed by atoms with Gasteiger partial charge in [0.05, 0.1) is 0 Å². The summed E-state index contributed by atoms with van der Waals surface area (Å²) >= 11 is 0. The van der Waals surface area contributed by atoms with E-state index in [0.29, 0.717) is 6.42 Å². The zero-order valence-electron chi connectivity index (χ0n) is 9.50. The van der Waals surface area contributed by atoms with Gasteiger partial charge in [-0.25, -0.2) is 0 Å². The molecule has 0 radical (unpaired) electrons. The first kappa shape index (κ1) is 16.0. The van der Waals surface area contributed by atoms with Crippen molar-refractivity contribution in [3.05, 3.63) is 0 Å². The van der Waals surface area contributed by atoms with Crippen molar-refractivity contribution in [1.82, 2.24) is 0 Å². The summed E-state index contributed by atoms with van der Waals surface area (Å²) in [6.45, 7) is 4.64. The van der Waals surface area contributed by atoms with Crippen LogP contribution in [-0.4, -0.2) is 22.2 Å². The van der Waals surface area contributed by atoms with Crippen molar-refractivity contribution in [3.63, 3.8) is 0 Å². The first-order chi connectivity index (χ1) is 5.37. The third-order valence-electron chi connectivity index (χ3n) is 2.49. The molecule has 0 aliphatic heterocycles. The maximum absolute atomic E-state index is 10.7. The molecule has 1 atom stereocenters. The van der Waals surface area contributed by atoms with Crippen molar-refractivity contribution in [1.29, 1.82) is 0 Å². The van der Waals surface area contributed by atoms with Crippen molar-refractivity contribution in [2.24, 2.45) is 11.3 Å². The molecule has 72 valence electrons. The number of aliphatic carboxylic acids is 2. The maximum atomic E-state index is 10.7. The summed E-state index contributed by atoms with van der Waals surface area (Å²) in [6.07, 6.45) is 0.537. The summed E-state index contributed by atoms with van der Waals surface area (Å²) in [7, 11) is 0. The van der Waals surface area contributed by atoms with Crippen LogP contribution < -0.4 is 51.4 Å². The van der Waals surface area contributed by atoms with Crippen LogP contribution in [0.3, 0.4) is 0 Å². The molecule has 0 aliphatic rings. The van der Waals surface area contributed by atoms with E-state index in [1.54, 1.807) is 13.8 Å². The molecule has 0 amide bonds. The second-order valence-corrected chi connectivity index (χ2v) is 3.12. The summed E-state index contributed by atoms with van der Waals surface area (Å²) < 4.78 is 0. The zero-order valence-corrected chi connectivity index (χ0v) is 11.6. The van der Waals surface area contributed by atoms with E-state index in [9.17, 15) is 9.59 Å². The van der Waals surface area contributed by atoms with Crippen molar-refractivity contribution in [2.45, 2.75) is 27.2 Å². The van der Waals surface area contributed by atoms with Gasteiger partial charge >= 0.3 is 63.3 Å². The molecule has 0 saturated heterocycles. The second-order valence-electron chi connectivity index (χ2n) is 3.12. The van der Waals surface area contributed by atoms with Crippen LogP contribution >= 0.6 is 0 Å². The first-order valence-electron chi connectivity index (χ1n) is 3.84. The molecule has 0 spiro atoms. The predicted octanol–water partition coefficient (Wildman–Crippen LogP) is -1.68. The predicted molar refractivity (Wildman–Crippen MR) is 43.9 cm³/mol. The van der Waals surface area contributed by atoms with Crippen LogP contribution in [-0.2, 0) is 9.59 Å². The van der Waals surface area contributed by atoms with E-state index in [2.05, 4.69) is 0 Å². The fraction of sp³-hybridized carbons (Fsp3) is 0.750. The van der Waals surface area contributed by atoms with Gasteiger partial charge in [-0.3, -0.25) is 9.59 Å². The Hall–Kier alpha value is 0.576. The fourth-order valence-corrected chi connectivity index (χ4v) is 0.921. The van der Waals surface area contributed by atoms with E-state index < -0.39 is 17.4 Å². The Kier molecular flexibility index (Phi) is 7.56. The van der Waals surface area contributed by atoms with E-state index in [1.807, 2.05) is 0 Å². The molecule has 0 aromatic carbocycles. The third kappa shape index (κ3) is 3.32. The summed E-state index contributed by atoms with van der Waals surface area (Å²) in [5, 5.41) is 17.4. The smallest absolute Gasteiger partial charge is 1.00 e. The van der Waals surface area contributed by atoms with Gasteiger partial charge in [-0.1, -0.05) is 20.3 Å². The Morgan fingerprint density at radius 1 is 1.38 bits per heavy atom. The monoisotopic (exact) mass is 214 g/mol. The number of carboxylic acid groups (broad SMARTS) is 2. The number of rotatable bonds is 4. The molecular formula is C8H15KO4. The first-order valence-corrected chi connectivity index (χ1v) is 3.84. The van der Waals surface area contributed by atoms with Gasteiger partial charge in [0, 0.05) is 0 Å². The molecule has 13 heavy (non-hydrogen) atoms. The summed E-state index contributed by atoms with van der Waals surface area (Å²) in [6, 6.07) is 0. The molecule has 2 N–H and O–H groups in total. The molecule has 0 saturated carbocycles. The third-order valence-corrected chi connectivity index (χ3v) is 2.49. The average Bonchev–Trinajstić information content (AvgIpc) is 2.00. The standard InChI is InChI=1S/C8H14O4.K.H/c1-4-5(2)8(3,6(9)10)7(11)12;;/h5H,4H2,1-3H3,(H,9,10)(H,11,12);;/q;+1;-1. The molecule has 0 aromatic rings. The number of carbonyl (C=O) groups is 2. The van der Waals surface area contributed by atoms with Crippen LogP contribution in [0.15, 0.2) is 0 Å². The zero-order chi connectivity index (χ0) is 9.94. The molecule has 4 nitrogen and oxygen atoms in total. The van der Waals surface area contributed by atoms with Gasteiger partial charge in [0.1, 0.15) is 0 Å². The van der Waals surface area contributed by atoms with Gasteiger partial charge < -0.3 is 11.6 Å². The van der Waals surface area contributed by atoms with Gasteiger partial charge in [-0.2, -0.15) is 0 Å². The fourth-order valence-electron chi connectivity index (χ4n) is 0.921. The van der Waals surface area contributed by atoms with Crippen molar-refractivity contribution in [3.8, 4) is 0 Å². The summed E-state index contributed by atoms with van der Waals surface area (Å²) in [4.78, 5) is 21.4. The van der Waals surface area contributed by atoms with Crippen LogP contribution in [0, 0.1) is 11.3 Å². The largest absolute Gasteiger partial charge is 1.00 e. The minimum atomic E-state index is -1.66. The van der Waals surface area contributed by atoms with E-state index >= 15 is 0 Å². The number of carboxylic acids is 2. The average molecular weight is 214 g/mol. The van der Waals surface area contributed by atoms with E-state index in [4.69, 9.17) is 10.2 Å². The van der Waals surface area contributed by atoms with Gasteiger partial charge in [-0.05, 0) is 12.8 Å². The Labute approximate surface area is 122 Å². The molecule has 0 aliphatic carbocycles. The van der Waals surface area contributed by atoms with Crippen molar-refractivity contribution in [2.75, 3.05) is 0 Å². The normalized spacial score (nSPS) is 12.8. The SMILES string of the molecule is CCC(C)C(C)(C(=O)O)C(=O)O.[H-].[K+]. The van der Waals surface area contributed by atoms with Crippen molar-refractivity contribution >= 4 is 11.9 Å². The Balaban J connectivity index is -0.000000605. The Morgan fingerprint density at radius 3 is 1.77 bits per heavy atom. The van der Waals surface area contributed by atoms with E-state index in [0.717, 1.165) is 0 Å². The molecule has 0 heterocycles. The maximum Gasteiger partial charge on any atom is 1.00 e. The van der Waals surface area contributed by atoms with Crippen molar-refractivity contribution < 1.29 is 72.6 Å². The number of hydrogen-bond donors (Lipinski definition) is 2. The molecule has 0 aromatic heterocycles. The Bertz CT molecular complexity index is 194. The minimum Gasteiger partial charge on any atom is -1.00 e. The van der Waals surface area contributed by atoms with Crippen LogP contribution in [0.2, 0.25) is 0 Å². The summed E-state index contributed by atoms with van der Waals surface area (Å²) in [5.74, 6) is -2.92. The van der Waals surface area contributed by atoms with Gasteiger partial charge in [0.25, 0.3) is 0 Å². The molecular weight excluding hydrogens is 199 g/mol. The molecule has 5 heteroatoms. The molecule has 1 unspecified atom stereocenters. The topological polar surface area (TPSA) is 74.6 Å². The summed E-state index contributed by atoms with van der Waals surface area (Å²) in [5.41, 5.74) is -1.66. The molecule has 0 rings (SSSR count). The number of hydrogen-bond acceptors (Lipinski definition) is 2. The van der Waals surface area contributed by atoms with Crippen LogP contribution in [0.1, 0.15) is 28.6 Å². The van der Waals surface area contributed by atoms with Gasteiger partial charge in [-0.15, -0.1) is 0 Å². The van der Waals surface area contributed by atoms with Crippen LogP contribution in [0.4, 0.5) is 0 Å². The molecule has 0 bridgehead atoms. The van der Waals surface area contributed by atoms with Gasteiger partial charge in [0.2, 0.25) is 0 Å². The quantitative estimate of drug-likeness (QED) is 0.433. The minimum absolute atomic E-state index is 0. The van der Waals surface area contributed by atoms with E-state index in [-0.39, 0.29) is 58.7 Å². The van der Waals surface area contributed by atoms with Crippen LogP contribution in [0.25, 0.3) is 0 Å². The molecule has 0 fully saturated rings. The second kappa shape index (κ2) is 6.13. The Morgan fingerprint density at radius 2 is 1.69 bits per heavy atom. The van der Waals surface area contributed by atoms with E-state index in [1.165, 1.54) is 6.92 Å². The van der Waals surface area contributed by atoms with Crippen LogP contribution in [0.5, 0.6) is 0 Å². The van der Waals surface area contributed by atoms with Gasteiger partial charge in [0.15, 0.2) is 5.41 Å².